The lowest BCUT2D eigenvalue weighted by molar-refractivity contribution is 0.102. The number of hydrogen-bond acceptors (Lipinski definition) is 4. The van der Waals surface area contributed by atoms with Crippen molar-refractivity contribution in [3.05, 3.63) is 47.8 Å². The molecule has 0 saturated heterocycles. The number of anilines is 2. The fourth-order valence-electron chi connectivity index (χ4n) is 2.00. The molecule has 5 heteroatoms. The highest BCUT2D eigenvalue weighted by Crippen LogP contribution is 2.17. The van der Waals surface area contributed by atoms with Crippen LogP contribution >= 0.6 is 0 Å². The highest BCUT2D eigenvalue weighted by molar-refractivity contribution is 6.03. The zero-order valence-electron chi connectivity index (χ0n) is 14.1. The lowest BCUT2D eigenvalue weighted by Crippen LogP contribution is -2.17. The van der Waals surface area contributed by atoms with Gasteiger partial charge in [-0.15, -0.1) is 0 Å². The third-order valence-electron chi connectivity index (χ3n) is 3.74. The van der Waals surface area contributed by atoms with Gasteiger partial charge in [-0.05, 0) is 37.0 Å². The van der Waals surface area contributed by atoms with Gasteiger partial charge in [0, 0.05) is 24.1 Å². The van der Waals surface area contributed by atoms with Crippen LogP contribution in [0.4, 0.5) is 11.6 Å². The predicted molar refractivity (Wildman–Crippen MR) is 93.9 cm³/mol. The van der Waals surface area contributed by atoms with Crippen LogP contribution in [0.25, 0.3) is 0 Å². The molecule has 1 aromatic heterocycles. The number of carbonyl (C=O) groups excluding carboxylic acids is 1. The molecule has 0 aliphatic rings. The first-order valence-electron chi connectivity index (χ1n) is 7.99. The molecule has 1 atom stereocenters. The summed E-state index contributed by atoms with van der Waals surface area (Å²) < 4.78 is 0. The lowest BCUT2D eigenvalue weighted by Gasteiger charge is -2.11. The number of benzene rings is 1. The summed E-state index contributed by atoms with van der Waals surface area (Å²) in [6, 6.07) is 8.17. The van der Waals surface area contributed by atoms with Gasteiger partial charge in [-0.2, -0.15) is 0 Å². The molecule has 23 heavy (non-hydrogen) atoms. The Hall–Kier alpha value is -2.43. The minimum atomic E-state index is -0.211. The summed E-state index contributed by atoms with van der Waals surface area (Å²) in [5, 5.41) is 6.03. The zero-order valence-corrected chi connectivity index (χ0v) is 14.1. The third kappa shape index (κ3) is 4.77. The van der Waals surface area contributed by atoms with Gasteiger partial charge in [-0.1, -0.05) is 32.9 Å². The second kappa shape index (κ2) is 7.72. The number of aromatic nitrogens is 2. The van der Waals surface area contributed by atoms with Crippen LogP contribution < -0.4 is 10.6 Å². The van der Waals surface area contributed by atoms with E-state index < -0.39 is 0 Å². The second-order valence-corrected chi connectivity index (χ2v) is 5.98. The van der Waals surface area contributed by atoms with Crippen molar-refractivity contribution in [3.63, 3.8) is 0 Å². The third-order valence-corrected chi connectivity index (χ3v) is 3.74. The Morgan fingerprint density at radius 2 is 1.70 bits per heavy atom. The van der Waals surface area contributed by atoms with E-state index in [9.17, 15) is 4.79 Å². The predicted octanol–water partition coefficient (Wildman–Crippen LogP) is 4.06. The first-order valence-corrected chi connectivity index (χ1v) is 7.99. The maximum atomic E-state index is 12.2. The number of amides is 1. The summed E-state index contributed by atoms with van der Waals surface area (Å²) >= 11 is 0. The number of nitrogens with zero attached hydrogens (tertiary/aromatic N) is 2. The average molecular weight is 312 g/mol. The lowest BCUT2D eigenvalue weighted by atomic mass is 10.0. The van der Waals surface area contributed by atoms with E-state index in [-0.39, 0.29) is 5.91 Å². The Bertz CT molecular complexity index is 635. The van der Waals surface area contributed by atoms with Gasteiger partial charge in [0.1, 0.15) is 0 Å². The van der Waals surface area contributed by atoms with E-state index in [1.807, 2.05) is 24.3 Å². The largest absolute Gasteiger partial charge is 0.352 e. The Morgan fingerprint density at radius 3 is 2.22 bits per heavy atom. The van der Waals surface area contributed by atoms with Gasteiger partial charge in [0.2, 0.25) is 5.95 Å². The molecule has 0 radical (unpaired) electrons. The Morgan fingerprint density at radius 1 is 1.09 bits per heavy atom. The normalized spacial score (nSPS) is 12.0. The monoisotopic (exact) mass is 312 g/mol. The minimum absolute atomic E-state index is 0.211. The number of rotatable bonds is 6. The van der Waals surface area contributed by atoms with Crippen molar-refractivity contribution in [2.24, 2.45) is 0 Å². The van der Waals surface area contributed by atoms with E-state index in [0.717, 1.165) is 12.1 Å². The van der Waals surface area contributed by atoms with Gasteiger partial charge in [-0.25, -0.2) is 9.97 Å². The average Bonchev–Trinajstić information content (AvgIpc) is 2.55. The summed E-state index contributed by atoms with van der Waals surface area (Å²) in [7, 11) is 0. The Balaban J connectivity index is 2.00. The summed E-state index contributed by atoms with van der Waals surface area (Å²) in [6.45, 7) is 8.43. The first-order chi connectivity index (χ1) is 11.0. The van der Waals surface area contributed by atoms with E-state index in [2.05, 4.69) is 48.3 Å². The maximum absolute atomic E-state index is 12.2. The van der Waals surface area contributed by atoms with Gasteiger partial charge < -0.3 is 10.6 Å². The molecular weight excluding hydrogens is 288 g/mol. The van der Waals surface area contributed by atoms with Crippen LogP contribution in [0.1, 0.15) is 56.0 Å². The van der Waals surface area contributed by atoms with Crippen molar-refractivity contribution < 1.29 is 4.79 Å². The summed E-state index contributed by atoms with van der Waals surface area (Å²) in [6.07, 6.45) is 4.06. The molecule has 2 aromatic rings. The topological polar surface area (TPSA) is 66.9 Å². The molecule has 0 aliphatic carbocycles. The van der Waals surface area contributed by atoms with Crippen LogP contribution in [-0.2, 0) is 0 Å². The van der Waals surface area contributed by atoms with E-state index in [4.69, 9.17) is 0 Å². The molecule has 1 amide bonds. The van der Waals surface area contributed by atoms with Crippen LogP contribution in [0.2, 0.25) is 0 Å². The molecule has 0 spiro atoms. The Kier molecular flexibility index (Phi) is 5.68. The highest BCUT2D eigenvalue weighted by Gasteiger charge is 2.09. The Labute approximate surface area is 137 Å². The van der Waals surface area contributed by atoms with Crippen LogP contribution in [0.15, 0.2) is 36.7 Å². The molecule has 1 heterocycles. The number of nitrogens with one attached hydrogen (secondary N) is 2. The van der Waals surface area contributed by atoms with Crippen LogP contribution in [0.5, 0.6) is 0 Å². The summed E-state index contributed by atoms with van der Waals surface area (Å²) in [5.41, 5.74) is 2.45. The molecular formula is C18H24N4O. The van der Waals surface area contributed by atoms with E-state index in [0.29, 0.717) is 23.5 Å². The zero-order chi connectivity index (χ0) is 16.8. The molecule has 1 unspecified atom stereocenters. The smallest absolute Gasteiger partial charge is 0.258 e. The van der Waals surface area contributed by atoms with Crippen molar-refractivity contribution in [2.45, 2.75) is 46.1 Å². The molecule has 1 aromatic carbocycles. The van der Waals surface area contributed by atoms with E-state index >= 15 is 0 Å². The standard InChI is InChI=1S/C18H24N4O/c1-5-13(4)21-18-19-10-15(11-20-18)17(23)22-16-8-6-14(7-9-16)12(2)3/h6-13H,5H2,1-4H3,(H,22,23)(H,19,20,21). The molecule has 2 rings (SSSR count). The van der Waals surface area contributed by atoms with E-state index in [1.54, 1.807) is 0 Å². The SMILES string of the molecule is CCC(C)Nc1ncc(C(=O)Nc2ccc(C(C)C)cc2)cn1. The number of carbonyl (C=O) groups is 1. The van der Waals surface area contributed by atoms with E-state index in [1.165, 1.54) is 18.0 Å². The maximum Gasteiger partial charge on any atom is 0.258 e. The fraction of sp³-hybridized carbons (Fsp3) is 0.389. The van der Waals surface area contributed by atoms with Crippen molar-refractivity contribution in [1.29, 1.82) is 0 Å². The van der Waals surface area contributed by atoms with Crippen molar-refractivity contribution in [1.82, 2.24) is 9.97 Å². The van der Waals surface area contributed by atoms with Gasteiger partial charge in [-0.3, -0.25) is 4.79 Å². The quantitative estimate of drug-likeness (QED) is 0.844. The molecule has 0 bridgehead atoms. The molecule has 2 N–H and O–H groups in total. The molecule has 0 fully saturated rings. The van der Waals surface area contributed by atoms with Crippen molar-refractivity contribution >= 4 is 17.5 Å². The van der Waals surface area contributed by atoms with Crippen LogP contribution in [0, 0.1) is 0 Å². The fourth-order valence-corrected chi connectivity index (χ4v) is 2.00. The molecule has 0 aliphatic heterocycles. The number of hydrogen-bond donors (Lipinski definition) is 2. The van der Waals surface area contributed by atoms with Crippen molar-refractivity contribution in [3.8, 4) is 0 Å². The van der Waals surface area contributed by atoms with Gasteiger partial charge in [0.05, 0.1) is 5.56 Å². The summed E-state index contributed by atoms with van der Waals surface area (Å²) in [5.74, 6) is 0.799. The first kappa shape index (κ1) is 16.9. The highest BCUT2D eigenvalue weighted by atomic mass is 16.1. The van der Waals surface area contributed by atoms with Gasteiger partial charge in [0.15, 0.2) is 0 Å². The molecule has 5 nitrogen and oxygen atoms in total. The second-order valence-electron chi connectivity index (χ2n) is 5.98. The van der Waals surface area contributed by atoms with Gasteiger partial charge in [0.25, 0.3) is 5.91 Å². The van der Waals surface area contributed by atoms with Crippen LogP contribution in [-0.4, -0.2) is 21.9 Å². The summed E-state index contributed by atoms with van der Waals surface area (Å²) in [4.78, 5) is 20.6. The van der Waals surface area contributed by atoms with Crippen LogP contribution in [0.3, 0.4) is 0 Å². The minimum Gasteiger partial charge on any atom is -0.352 e. The van der Waals surface area contributed by atoms with Gasteiger partial charge >= 0.3 is 0 Å². The molecule has 0 saturated carbocycles. The van der Waals surface area contributed by atoms with Crippen molar-refractivity contribution in [2.75, 3.05) is 10.6 Å². The molecule has 122 valence electrons.